The maximum atomic E-state index is 4.88. The van der Waals surface area contributed by atoms with E-state index in [1.54, 1.807) is 17.5 Å². The third kappa shape index (κ3) is 2.84. The molecule has 4 aromatic heterocycles. The van der Waals surface area contributed by atoms with E-state index in [-0.39, 0.29) is 0 Å². The SMILES string of the molecule is CCn1c(Cn2ccnc2-c2nccs2)nc2cc(C(C)C)ncc21. The molecule has 128 valence electrons. The average Bonchev–Trinajstić information content (AvgIpc) is 3.33. The van der Waals surface area contributed by atoms with Crippen molar-refractivity contribution in [3.63, 3.8) is 0 Å². The summed E-state index contributed by atoms with van der Waals surface area (Å²) in [5, 5.41) is 2.89. The van der Waals surface area contributed by atoms with E-state index in [4.69, 9.17) is 4.98 Å². The summed E-state index contributed by atoms with van der Waals surface area (Å²) in [6.07, 6.45) is 7.54. The lowest BCUT2D eigenvalue weighted by Gasteiger charge is -2.09. The first-order valence-electron chi connectivity index (χ1n) is 8.43. The summed E-state index contributed by atoms with van der Waals surface area (Å²) in [6, 6.07) is 2.10. The van der Waals surface area contributed by atoms with E-state index >= 15 is 0 Å². The fraction of sp³-hybridized carbons (Fsp3) is 0.333. The van der Waals surface area contributed by atoms with Crippen molar-refractivity contribution < 1.29 is 0 Å². The fourth-order valence-corrected chi connectivity index (χ4v) is 3.65. The normalized spacial score (nSPS) is 11.7. The summed E-state index contributed by atoms with van der Waals surface area (Å²) in [7, 11) is 0. The van der Waals surface area contributed by atoms with Crippen LogP contribution >= 0.6 is 11.3 Å². The summed E-state index contributed by atoms with van der Waals surface area (Å²) >= 11 is 1.59. The predicted octanol–water partition coefficient (Wildman–Crippen LogP) is 3.94. The Morgan fingerprint density at radius 3 is 2.76 bits per heavy atom. The third-order valence-corrected chi connectivity index (χ3v) is 5.06. The predicted molar refractivity (Wildman–Crippen MR) is 99.7 cm³/mol. The molecule has 4 heterocycles. The first-order chi connectivity index (χ1) is 12.2. The van der Waals surface area contributed by atoms with Gasteiger partial charge in [-0.25, -0.2) is 15.0 Å². The second-order valence-corrected chi connectivity index (χ2v) is 7.14. The molecule has 0 saturated carbocycles. The maximum absolute atomic E-state index is 4.88. The van der Waals surface area contributed by atoms with Crippen LogP contribution in [0.4, 0.5) is 0 Å². The average molecular weight is 352 g/mol. The van der Waals surface area contributed by atoms with E-state index in [1.807, 2.05) is 24.0 Å². The minimum atomic E-state index is 0.393. The van der Waals surface area contributed by atoms with Gasteiger partial charge in [0.05, 0.1) is 23.8 Å². The number of rotatable bonds is 5. The summed E-state index contributed by atoms with van der Waals surface area (Å²) < 4.78 is 4.32. The number of pyridine rings is 1. The topological polar surface area (TPSA) is 61.4 Å². The quantitative estimate of drug-likeness (QED) is 0.546. The zero-order valence-corrected chi connectivity index (χ0v) is 15.4. The first-order valence-corrected chi connectivity index (χ1v) is 9.31. The molecule has 7 heteroatoms. The molecule has 0 saturated heterocycles. The van der Waals surface area contributed by atoms with Crippen LogP contribution in [0.5, 0.6) is 0 Å². The van der Waals surface area contributed by atoms with Crippen LogP contribution in [0.2, 0.25) is 0 Å². The van der Waals surface area contributed by atoms with Crippen molar-refractivity contribution >= 4 is 22.4 Å². The van der Waals surface area contributed by atoms with Gasteiger partial charge in [-0.2, -0.15) is 0 Å². The number of imidazole rings is 2. The van der Waals surface area contributed by atoms with Crippen molar-refractivity contribution in [2.75, 3.05) is 0 Å². The van der Waals surface area contributed by atoms with Crippen LogP contribution in [0.25, 0.3) is 21.9 Å². The van der Waals surface area contributed by atoms with Crippen molar-refractivity contribution in [1.29, 1.82) is 0 Å². The number of hydrogen-bond acceptors (Lipinski definition) is 5. The molecule has 4 rings (SSSR count). The number of aromatic nitrogens is 6. The summed E-state index contributed by atoms with van der Waals surface area (Å²) in [5.41, 5.74) is 3.16. The summed E-state index contributed by atoms with van der Waals surface area (Å²) in [5.74, 6) is 2.28. The Morgan fingerprint density at radius 1 is 1.16 bits per heavy atom. The highest BCUT2D eigenvalue weighted by Gasteiger charge is 2.15. The molecule has 0 spiro atoms. The van der Waals surface area contributed by atoms with Crippen LogP contribution in [0.1, 0.15) is 38.2 Å². The Morgan fingerprint density at radius 2 is 2.04 bits per heavy atom. The van der Waals surface area contributed by atoms with Gasteiger partial charge in [0.2, 0.25) is 0 Å². The molecule has 0 aromatic carbocycles. The van der Waals surface area contributed by atoms with Crippen LogP contribution in [0.15, 0.2) is 36.2 Å². The Balaban J connectivity index is 1.76. The van der Waals surface area contributed by atoms with Crippen LogP contribution in [0, 0.1) is 0 Å². The smallest absolute Gasteiger partial charge is 0.169 e. The van der Waals surface area contributed by atoms with Crippen LogP contribution < -0.4 is 0 Å². The Hall–Kier alpha value is -2.54. The Kier molecular flexibility index (Phi) is 4.09. The molecule has 6 nitrogen and oxygen atoms in total. The molecule has 4 aromatic rings. The monoisotopic (exact) mass is 352 g/mol. The van der Waals surface area contributed by atoms with E-state index in [0.717, 1.165) is 39.9 Å². The van der Waals surface area contributed by atoms with Gasteiger partial charge in [0.15, 0.2) is 10.8 Å². The highest BCUT2D eigenvalue weighted by Crippen LogP contribution is 2.23. The molecule has 0 atom stereocenters. The lowest BCUT2D eigenvalue weighted by molar-refractivity contribution is 0.666. The number of nitrogens with zero attached hydrogens (tertiary/aromatic N) is 6. The third-order valence-electron chi connectivity index (χ3n) is 4.29. The van der Waals surface area contributed by atoms with Gasteiger partial charge in [0.1, 0.15) is 5.82 Å². The minimum Gasteiger partial charge on any atom is -0.325 e. The summed E-state index contributed by atoms with van der Waals surface area (Å²) in [4.78, 5) is 18.3. The molecular weight excluding hydrogens is 332 g/mol. The molecule has 0 radical (unpaired) electrons. The van der Waals surface area contributed by atoms with Gasteiger partial charge in [0.25, 0.3) is 0 Å². The number of aryl methyl sites for hydroxylation is 1. The Bertz CT molecular complexity index is 996. The lowest BCUT2D eigenvalue weighted by Crippen LogP contribution is -2.08. The van der Waals surface area contributed by atoms with Gasteiger partial charge >= 0.3 is 0 Å². The molecule has 0 aliphatic rings. The molecule has 0 unspecified atom stereocenters. The van der Waals surface area contributed by atoms with E-state index < -0.39 is 0 Å². The fourth-order valence-electron chi connectivity index (χ4n) is 3.00. The van der Waals surface area contributed by atoms with Crippen LogP contribution in [-0.4, -0.2) is 29.1 Å². The van der Waals surface area contributed by atoms with Gasteiger partial charge < -0.3 is 9.13 Å². The molecule has 0 bridgehead atoms. The van der Waals surface area contributed by atoms with Crippen molar-refractivity contribution in [2.24, 2.45) is 0 Å². The molecule has 0 fully saturated rings. The second-order valence-electron chi connectivity index (χ2n) is 6.24. The highest BCUT2D eigenvalue weighted by molar-refractivity contribution is 7.13. The van der Waals surface area contributed by atoms with E-state index in [1.165, 1.54) is 0 Å². The summed E-state index contributed by atoms with van der Waals surface area (Å²) in [6.45, 7) is 7.95. The van der Waals surface area contributed by atoms with Crippen LogP contribution in [-0.2, 0) is 13.1 Å². The second kappa shape index (κ2) is 6.40. The zero-order chi connectivity index (χ0) is 17.4. The van der Waals surface area contributed by atoms with Crippen molar-refractivity contribution in [3.8, 4) is 10.8 Å². The van der Waals surface area contributed by atoms with Crippen molar-refractivity contribution in [2.45, 2.75) is 39.8 Å². The number of thiazole rings is 1. The molecule has 0 aliphatic carbocycles. The van der Waals surface area contributed by atoms with Gasteiger partial charge in [-0.3, -0.25) is 4.98 Å². The van der Waals surface area contributed by atoms with Crippen LogP contribution in [0.3, 0.4) is 0 Å². The van der Waals surface area contributed by atoms with Crippen molar-refractivity contribution in [3.05, 3.63) is 47.8 Å². The first kappa shape index (κ1) is 16.0. The Labute approximate surface area is 150 Å². The standard InChI is InChI=1S/C18H20N6S/c1-4-24-15-10-21-13(12(2)3)9-14(15)22-16(24)11-23-7-5-19-17(23)18-20-6-8-25-18/h5-10,12H,4,11H2,1-3H3. The molecule has 0 N–H and O–H groups in total. The molecular formula is C18H20N6S. The minimum absolute atomic E-state index is 0.393. The highest BCUT2D eigenvalue weighted by atomic mass is 32.1. The maximum Gasteiger partial charge on any atom is 0.169 e. The lowest BCUT2D eigenvalue weighted by atomic mass is 10.1. The van der Waals surface area contributed by atoms with Gasteiger partial charge in [0, 0.05) is 36.2 Å². The number of hydrogen-bond donors (Lipinski definition) is 0. The van der Waals surface area contributed by atoms with Gasteiger partial charge in [-0.05, 0) is 18.9 Å². The van der Waals surface area contributed by atoms with E-state index in [9.17, 15) is 0 Å². The largest absolute Gasteiger partial charge is 0.325 e. The van der Waals surface area contributed by atoms with Gasteiger partial charge in [-0.15, -0.1) is 11.3 Å². The molecule has 0 amide bonds. The van der Waals surface area contributed by atoms with Crippen molar-refractivity contribution in [1.82, 2.24) is 29.1 Å². The van der Waals surface area contributed by atoms with Gasteiger partial charge in [-0.1, -0.05) is 13.8 Å². The molecule has 0 aliphatic heterocycles. The zero-order valence-electron chi connectivity index (χ0n) is 14.5. The van der Waals surface area contributed by atoms with E-state index in [2.05, 4.69) is 50.9 Å². The van der Waals surface area contributed by atoms with E-state index in [0.29, 0.717) is 12.5 Å². The number of fused-ring (bicyclic) bond motifs is 1. The molecule has 25 heavy (non-hydrogen) atoms.